The standard InChI is InChI=1S/C13H18BrFN2/c1-16-5-2-6-17(8-7-16)10-11-3-4-12(15)9-13(11)14/h3-4,9H,2,5-8,10H2,1H3. The Balaban J connectivity index is 2.00. The summed E-state index contributed by atoms with van der Waals surface area (Å²) in [5.74, 6) is -0.184. The minimum Gasteiger partial charge on any atom is -0.305 e. The molecule has 1 aliphatic heterocycles. The molecule has 0 atom stereocenters. The first-order chi connectivity index (χ1) is 8.15. The summed E-state index contributed by atoms with van der Waals surface area (Å²) in [7, 11) is 2.16. The van der Waals surface area contributed by atoms with E-state index in [-0.39, 0.29) is 5.82 Å². The summed E-state index contributed by atoms with van der Waals surface area (Å²) < 4.78 is 13.9. The van der Waals surface area contributed by atoms with Crippen molar-refractivity contribution in [3.63, 3.8) is 0 Å². The Bertz CT molecular complexity index is 384. The summed E-state index contributed by atoms with van der Waals surface area (Å²) in [5, 5.41) is 0. The molecule has 0 amide bonds. The number of rotatable bonds is 2. The van der Waals surface area contributed by atoms with Crippen molar-refractivity contribution in [1.29, 1.82) is 0 Å². The summed E-state index contributed by atoms with van der Waals surface area (Å²) in [4.78, 5) is 4.79. The summed E-state index contributed by atoms with van der Waals surface area (Å²) in [5.41, 5.74) is 1.16. The van der Waals surface area contributed by atoms with Crippen LogP contribution in [0.15, 0.2) is 22.7 Å². The largest absolute Gasteiger partial charge is 0.305 e. The smallest absolute Gasteiger partial charge is 0.124 e. The minimum absolute atomic E-state index is 0.184. The molecule has 4 heteroatoms. The topological polar surface area (TPSA) is 6.48 Å². The third-order valence-electron chi connectivity index (χ3n) is 3.22. The molecular formula is C13H18BrFN2. The lowest BCUT2D eigenvalue weighted by atomic mass is 10.2. The first-order valence-electron chi connectivity index (χ1n) is 6.00. The van der Waals surface area contributed by atoms with E-state index < -0.39 is 0 Å². The van der Waals surface area contributed by atoms with Gasteiger partial charge in [0.2, 0.25) is 0 Å². The SMILES string of the molecule is CN1CCCN(Cc2ccc(F)cc2Br)CC1. The highest BCUT2D eigenvalue weighted by Gasteiger charge is 2.13. The molecule has 0 radical (unpaired) electrons. The van der Waals surface area contributed by atoms with Crippen LogP contribution in [0.1, 0.15) is 12.0 Å². The van der Waals surface area contributed by atoms with E-state index >= 15 is 0 Å². The van der Waals surface area contributed by atoms with Crippen molar-refractivity contribution >= 4 is 15.9 Å². The molecule has 0 bridgehead atoms. The van der Waals surface area contributed by atoms with E-state index in [0.29, 0.717) is 0 Å². The zero-order valence-corrected chi connectivity index (χ0v) is 11.7. The summed E-state index contributed by atoms with van der Waals surface area (Å²) in [6.07, 6.45) is 1.20. The summed E-state index contributed by atoms with van der Waals surface area (Å²) in [6.45, 7) is 5.38. The van der Waals surface area contributed by atoms with Crippen LogP contribution in [0.3, 0.4) is 0 Å². The van der Waals surface area contributed by atoms with Gasteiger partial charge < -0.3 is 4.90 Å². The van der Waals surface area contributed by atoms with Gasteiger partial charge in [0, 0.05) is 24.1 Å². The summed E-state index contributed by atoms with van der Waals surface area (Å²) in [6, 6.07) is 4.94. The monoisotopic (exact) mass is 300 g/mol. The molecule has 94 valence electrons. The number of benzene rings is 1. The van der Waals surface area contributed by atoms with Gasteiger partial charge in [0.05, 0.1) is 0 Å². The van der Waals surface area contributed by atoms with Crippen LogP contribution in [0.5, 0.6) is 0 Å². The minimum atomic E-state index is -0.184. The van der Waals surface area contributed by atoms with Crippen molar-refractivity contribution in [3.8, 4) is 0 Å². The maximum absolute atomic E-state index is 13.0. The van der Waals surface area contributed by atoms with Crippen molar-refractivity contribution < 1.29 is 4.39 Å². The maximum atomic E-state index is 13.0. The molecule has 1 aromatic rings. The van der Waals surface area contributed by atoms with Crippen LogP contribution in [0.25, 0.3) is 0 Å². The highest BCUT2D eigenvalue weighted by molar-refractivity contribution is 9.10. The normalized spacial score (nSPS) is 19.2. The van der Waals surface area contributed by atoms with Gasteiger partial charge in [-0.1, -0.05) is 22.0 Å². The van der Waals surface area contributed by atoms with Crippen molar-refractivity contribution in [2.45, 2.75) is 13.0 Å². The molecule has 1 aliphatic rings. The maximum Gasteiger partial charge on any atom is 0.124 e. The van der Waals surface area contributed by atoms with Crippen LogP contribution in [-0.2, 0) is 6.54 Å². The van der Waals surface area contributed by atoms with E-state index in [4.69, 9.17) is 0 Å². The fourth-order valence-electron chi connectivity index (χ4n) is 2.15. The average Bonchev–Trinajstić information content (AvgIpc) is 2.48. The molecule has 0 spiro atoms. The van der Waals surface area contributed by atoms with E-state index in [1.54, 1.807) is 6.07 Å². The molecular weight excluding hydrogens is 283 g/mol. The molecule has 2 nitrogen and oxygen atoms in total. The molecule has 1 aromatic carbocycles. The molecule has 2 rings (SSSR count). The first-order valence-corrected chi connectivity index (χ1v) is 6.79. The van der Waals surface area contributed by atoms with E-state index in [2.05, 4.69) is 32.8 Å². The third-order valence-corrected chi connectivity index (χ3v) is 3.96. The number of likely N-dealkylation sites (N-methyl/N-ethyl adjacent to an activating group) is 1. The van der Waals surface area contributed by atoms with Crippen molar-refractivity contribution in [2.24, 2.45) is 0 Å². The fourth-order valence-corrected chi connectivity index (χ4v) is 2.63. The van der Waals surface area contributed by atoms with Gasteiger partial charge in [-0.05, 0) is 44.3 Å². The highest BCUT2D eigenvalue weighted by Crippen LogP contribution is 2.20. The van der Waals surface area contributed by atoms with Crippen molar-refractivity contribution in [1.82, 2.24) is 9.80 Å². The van der Waals surface area contributed by atoms with Gasteiger partial charge in [0.1, 0.15) is 5.82 Å². The van der Waals surface area contributed by atoms with Crippen LogP contribution in [0, 0.1) is 5.82 Å². The Morgan fingerprint density at radius 2 is 2.06 bits per heavy atom. The molecule has 1 heterocycles. The van der Waals surface area contributed by atoms with Gasteiger partial charge in [0.15, 0.2) is 0 Å². The Hall–Kier alpha value is -0.450. The van der Waals surface area contributed by atoms with Gasteiger partial charge in [-0.15, -0.1) is 0 Å². The quantitative estimate of drug-likeness (QED) is 0.829. The van der Waals surface area contributed by atoms with Crippen LogP contribution in [0.2, 0.25) is 0 Å². The zero-order valence-electron chi connectivity index (χ0n) is 10.1. The Morgan fingerprint density at radius 3 is 2.82 bits per heavy atom. The van der Waals surface area contributed by atoms with Gasteiger partial charge in [-0.3, -0.25) is 4.90 Å². The molecule has 0 N–H and O–H groups in total. The second kappa shape index (κ2) is 5.94. The molecule has 0 unspecified atom stereocenters. The lowest BCUT2D eigenvalue weighted by molar-refractivity contribution is 0.269. The van der Waals surface area contributed by atoms with Gasteiger partial charge in [0.25, 0.3) is 0 Å². The number of hydrogen-bond acceptors (Lipinski definition) is 2. The second-order valence-electron chi connectivity index (χ2n) is 4.67. The van der Waals surface area contributed by atoms with Crippen LogP contribution in [0.4, 0.5) is 4.39 Å². The lowest BCUT2D eigenvalue weighted by Crippen LogP contribution is -2.28. The number of nitrogens with zero attached hydrogens (tertiary/aromatic N) is 2. The molecule has 17 heavy (non-hydrogen) atoms. The molecule has 0 aliphatic carbocycles. The van der Waals surface area contributed by atoms with Crippen LogP contribution in [-0.4, -0.2) is 43.0 Å². The molecule has 0 saturated carbocycles. The Kier molecular flexibility index (Phi) is 4.54. The van der Waals surface area contributed by atoms with E-state index in [9.17, 15) is 4.39 Å². The number of halogens is 2. The highest BCUT2D eigenvalue weighted by atomic mass is 79.9. The predicted molar refractivity (Wildman–Crippen MR) is 71.5 cm³/mol. The Morgan fingerprint density at radius 1 is 1.24 bits per heavy atom. The van der Waals surface area contributed by atoms with E-state index in [1.807, 2.05) is 6.07 Å². The summed E-state index contributed by atoms with van der Waals surface area (Å²) >= 11 is 3.43. The third kappa shape index (κ3) is 3.76. The lowest BCUT2D eigenvalue weighted by Gasteiger charge is -2.20. The van der Waals surface area contributed by atoms with Gasteiger partial charge in [-0.25, -0.2) is 4.39 Å². The van der Waals surface area contributed by atoms with Crippen LogP contribution < -0.4 is 0 Å². The fraction of sp³-hybridized carbons (Fsp3) is 0.538. The van der Waals surface area contributed by atoms with Crippen molar-refractivity contribution in [2.75, 3.05) is 33.2 Å². The molecule has 1 fully saturated rings. The van der Waals surface area contributed by atoms with Gasteiger partial charge >= 0.3 is 0 Å². The first kappa shape index (κ1) is 13.0. The average molecular weight is 301 g/mol. The van der Waals surface area contributed by atoms with Crippen LogP contribution >= 0.6 is 15.9 Å². The zero-order chi connectivity index (χ0) is 12.3. The molecule has 1 saturated heterocycles. The van der Waals surface area contributed by atoms with E-state index in [0.717, 1.165) is 36.2 Å². The Labute approximate surface area is 111 Å². The number of hydrogen-bond donors (Lipinski definition) is 0. The predicted octanol–water partition coefficient (Wildman–Crippen LogP) is 2.73. The van der Waals surface area contributed by atoms with Gasteiger partial charge in [-0.2, -0.15) is 0 Å². The van der Waals surface area contributed by atoms with E-state index in [1.165, 1.54) is 19.0 Å². The second-order valence-corrected chi connectivity index (χ2v) is 5.52. The van der Waals surface area contributed by atoms with Crippen molar-refractivity contribution in [3.05, 3.63) is 34.1 Å². The molecule has 0 aromatic heterocycles.